The number of anilines is 1. The molecular formula is C28H34N8O3. The summed E-state index contributed by atoms with van der Waals surface area (Å²) in [5, 5.41) is 2.62. The Labute approximate surface area is 227 Å². The van der Waals surface area contributed by atoms with E-state index < -0.39 is 6.09 Å². The van der Waals surface area contributed by atoms with Crippen LogP contribution in [0.5, 0.6) is 0 Å². The summed E-state index contributed by atoms with van der Waals surface area (Å²) in [7, 11) is 0. The molecule has 1 aliphatic heterocycles. The van der Waals surface area contributed by atoms with Crippen molar-refractivity contribution in [1.82, 2.24) is 34.7 Å². The Bertz CT molecular complexity index is 1440. The number of nitrogens with zero attached hydrogens (tertiary/aromatic N) is 6. The number of aromatic nitrogens is 5. The standard InChI is InChI=1S/C27H30N8O3.CH4/c1-4-38-27(37)33-26-31-22-13-19(12-21(24(22)32-26)25-28-8-5-9-29-25)18-6-7-20(30-14-18)15-34-10-11-35(17(2)3)23(36)16-34;/h5-9,12-14,17H,4,10-11,15-16H2,1-3H3,(H2,31,32,33,37);1H4. The van der Waals surface area contributed by atoms with Gasteiger partial charge in [-0.15, -0.1) is 0 Å². The molecular weight excluding hydrogens is 496 g/mol. The fourth-order valence-electron chi connectivity index (χ4n) is 4.55. The van der Waals surface area contributed by atoms with E-state index in [1.807, 2.05) is 49.2 Å². The third-order valence-corrected chi connectivity index (χ3v) is 6.39. The quantitative estimate of drug-likeness (QED) is 0.361. The second-order valence-electron chi connectivity index (χ2n) is 9.35. The lowest BCUT2D eigenvalue weighted by atomic mass is 10.0. The smallest absolute Gasteiger partial charge is 0.413 e. The molecule has 1 aliphatic rings. The first-order valence-electron chi connectivity index (χ1n) is 12.6. The van der Waals surface area contributed by atoms with Gasteiger partial charge >= 0.3 is 6.09 Å². The van der Waals surface area contributed by atoms with Gasteiger partial charge in [0.15, 0.2) is 5.82 Å². The van der Waals surface area contributed by atoms with Crippen molar-refractivity contribution in [2.75, 3.05) is 31.6 Å². The summed E-state index contributed by atoms with van der Waals surface area (Å²) in [5.74, 6) is 0.944. The Kier molecular flexibility index (Phi) is 8.50. The second-order valence-corrected chi connectivity index (χ2v) is 9.35. The third kappa shape index (κ3) is 6.20. The van der Waals surface area contributed by atoms with Crippen LogP contribution in [0.1, 0.15) is 33.9 Å². The van der Waals surface area contributed by atoms with E-state index in [9.17, 15) is 9.59 Å². The van der Waals surface area contributed by atoms with Gasteiger partial charge in [-0.2, -0.15) is 0 Å². The molecule has 2 N–H and O–H groups in total. The predicted octanol–water partition coefficient (Wildman–Crippen LogP) is 4.34. The molecule has 11 heteroatoms. The average Bonchev–Trinajstić information content (AvgIpc) is 3.31. The lowest BCUT2D eigenvalue weighted by molar-refractivity contribution is -0.138. The molecule has 204 valence electrons. The van der Waals surface area contributed by atoms with Crippen molar-refractivity contribution in [2.24, 2.45) is 0 Å². The third-order valence-electron chi connectivity index (χ3n) is 6.39. The zero-order chi connectivity index (χ0) is 26.6. The van der Waals surface area contributed by atoms with Gasteiger partial charge in [0.1, 0.15) is 5.52 Å². The number of rotatable bonds is 7. The molecule has 0 radical (unpaired) electrons. The normalized spacial score (nSPS) is 13.9. The van der Waals surface area contributed by atoms with Crippen molar-refractivity contribution in [1.29, 1.82) is 0 Å². The van der Waals surface area contributed by atoms with Gasteiger partial charge in [0, 0.05) is 55.4 Å². The first-order chi connectivity index (χ1) is 18.4. The van der Waals surface area contributed by atoms with Crippen LogP contribution in [0.4, 0.5) is 10.7 Å². The number of amides is 2. The second kappa shape index (κ2) is 12.0. The summed E-state index contributed by atoms with van der Waals surface area (Å²) in [6.45, 7) is 8.66. The molecule has 0 spiro atoms. The van der Waals surface area contributed by atoms with Gasteiger partial charge in [-0.3, -0.25) is 20.0 Å². The van der Waals surface area contributed by atoms with Crippen LogP contribution in [0.25, 0.3) is 33.5 Å². The minimum Gasteiger partial charge on any atom is -0.450 e. The number of H-pyrrole nitrogens is 1. The number of carbonyl (C=O) groups excluding carboxylic acids is 2. The van der Waals surface area contributed by atoms with Crippen LogP contribution < -0.4 is 5.32 Å². The van der Waals surface area contributed by atoms with Gasteiger partial charge in [-0.25, -0.2) is 19.7 Å². The molecule has 0 bridgehead atoms. The lowest BCUT2D eigenvalue weighted by Gasteiger charge is -2.36. The number of fused-ring (bicyclic) bond motifs is 1. The van der Waals surface area contributed by atoms with Crippen molar-refractivity contribution in [2.45, 2.75) is 40.8 Å². The summed E-state index contributed by atoms with van der Waals surface area (Å²) < 4.78 is 4.97. The van der Waals surface area contributed by atoms with Crippen LogP contribution in [0.15, 0.2) is 48.9 Å². The molecule has 4 heterocycles. The van der Waals surface area contributed by atoms with Crippen molar-refractivity contribution < 1.29 is 14.3 Å². The monoisotopic (exact) mass is 530 g/mol. The van der Waals surface area contributed by atoms with E-state index >= 15 is 0 Å². The van der Waals surface area contributed by atoms with Gasteiger partial charge in [0.05, 0.1) is 24.4 Å². The van der Waals surface area contributed by atoms with E-state index in [-0.39, 0.29) is 31.9 Å². The predicted molar refractivity (Wildman–Crippen MR) is 150 cm³/mol. The fraction of sp³-hybridized carbons (Fsp3) is 0.357. The van der Waals surface area contributed by atoms with E-state index in [1.165, 1.54) is 0 Å². The lowest BCUT2D eigenvalue weighted by Crippen LogP contribution is -2.52. The minimum atomic E-state index is -0.587. The van der Waals surface area contributed by atoms with Crippen LogP contribution in [-0.2, 0) is 16.1 Å². The number of benzene rings is 1. The largest absolute Gasteiger partial charge is 0.450 e. The number of pyridine rings is 1. The molecule has 0 atom stereocenters. The van der Waals surface area contributed by atoms with E-state index in [0.717, 1.165) is 35.5 Å². The van der Waals surface area contributed by atoms with Crippen LogP contribution in [-0.4, -0.2) is 79.0 Å². The maximum absolute atomic E-state index is 12.4. The highest BCUT2D eigenvalue weighted by molar-refractivity contribution is 5.96. The number of carbonyl (C=O) groups is 2. The zero-order valence-corrected chi connectivity index (χ0v) is 21.6. The first-order valence-corrected chi connectivity index (χ1v) is 12.6. The highest BCUT2D eigenvalue weighted by Gasteiger charge is 2.25. The van der Waals surface area contributed by atoms with E-state index in [1.54, 1.807) is 25.4 Å². The minimum absolute atomic E-state index is 0. The Hall–Kier alpha value is -4.38. The molecule has 39 heavy (non-hydrogen) atoms. The van der Waals surface area contributed by atoms with Gasteiger partial charge in [0.2, 0.25) is 11.9 Å². The number of nitrogens with one attached hydrogen (secondary N) is 2. The topological polar surface area (TPSA) is 129 Å². The van der Waals surface area contributed by atoms with Crippen molar-refractivity contribution in [3.8, 4) is 22.5 Å². The molecule has 5 rings (SSSR count). The van der Waals surface area contributed by atoms with Gasteiger partial charge in [0.25, 0.3) is 0 Å². The van der Waals surface area contributed by atoms with E-state index in [4.69, 9.17) is 4.74 Å². The highest BCUT2D eigenvalue weighted by atomic mass is 16.5. The van der Waals surface area contributed by atoms with Crippen LogP contribution in [0.2, 0.25) is 0 Å². The van der Waals surface area contributed by atoms with Crippen LogP contribution in [0.3, 0.4) is 0 Å². The molecule has 1 saturated heterocycles. The number of hydrogen-bond donors (Lipinski definition) is 2. The molecule has 3 aromatic heterocycles. The molecule has 1 aromatic carbocycles. The Morgan fingerprint density at radius 1 is 1.13 bits per heavy atom. The van der Waals surface area contributed by atoms with Crippen molar-refractivity contribution >= 4 is 29.0 Å². The van der Waals surface area contributed by atoms with E-state index in [2.05, 4.69) is 35.1 Å². The molecule has 1 fully saturated rings. The zero-order valence-electron chi connectivity index (χ0n) is 21.6. The van der Waals surface area contributed by atoms with Crippen molar-refractivity contribution in [3.63, 3.8) is 0 Å². The van der Waals surface area contributed by atoms with E-state index in [0.29, 0.717) is 29.9 Å². The molecule has 2 amide bonds. The molecule has 4 aromatic rings. The number of imidazole rings is 1. The Balaban J connectivity index is 0.00000353. The summed E-state index contributed by atoms with van der Waals surface area (Å²) in [4.78, 5) is 49.6. The molecule has 11 nitrogen and oxygen atoms in total. The van der Waals surface area contributed by atoms with Gasteiger partial charge < -0.3 is 14.6 Å². The summed E-state index contributed by atoms with van der Waals surface area (Å²) in [6, 6.07) is 9.88. The van der Waals surface area contributed by atoms with Crippen molar-refractivity contribution in [3.05, 3.63) is 54.6 Å². The fourth-order valence-corrected chi connectivity index (χ4v) is 4.55. The van der Waals surface area contributed by atoms with Crippen LogP contribution >= 0.6 is 0 Å². The summed E-state index contributed by atoms with van der Waals surface area (Å²) in [5.41, 5.74) is 4.75. The number of hydrogen-bond acceptors (Lipinski definition) is 8. The number of aromatic amines is 1. The molecule has 0 aliphatic carbocycles. The van der Waals surface area contributed by atoms with Gasteiger partial charge in [-0.05, 0) is 50.6 Å². The Morgan fingerprint density at radius 2 is 1.92 bits per heavy atom. The molecule has 0 saturated carbocycles. The van der Waals surface area contributed by atoms with Gasteiger partial charge in [-0.1, -0.05) is 13.5 Å². The van der Waals surface area contributed by atoms with Crippen LogP contribution in [0, 0.1) is 0 Å². The number of piperazine rings is 1. The SMILES string of the molecule is C.CCOC(=O)Nc1nc2c(-c3ncccn3)cc(-c3ccc(CN4CCN(C(C)C)C(=O)C4)nc3)cc2[nH]1. The maximum atomic E-state index is 12.4. The first kappa shape index (κ1) is 27.6. The average molecular weight is 531 g/mol. The highest BCUT2D eigenvalue weighted by Crippen LogP contribution is 2.32. The summed E-state index contributed by atoms with van der Waals surface area (Å²) >= 11 is 0. The number of ether oxygens (including phenoxy) is 1. The maximum Gasteiger partial charge on any atom is 0.413 e. The summed E-state index contributed by atoms with van der Waals surface area (Å²) in [6.07, 6.45) is 4.59. The Morgan fingerprint density at radius 3 is 2.59 bits per heavy atom. The molecule has 0 unspecified atom stereocenters.